The fourth-order valence-electron chi connectivity index (χ4n) is 0.512. The molecule has 1 rings (SSSR count). The van der Waals surface area contributed by atoms with Crippen molar-refractivity contribution in [2.45, 2.75) is 25.1 Å². The highest BCUT2D eigenvalue weighted by Gasteiger charge is 2.68. The Kier molecular flexibility index (Phi) is 0.908. The zero-order chi connectivity index (χ0) is 6.41. The van der Waals surface area contributed by atoms with Crippen LogP contribution in [0.3, 0.4) is 0 Å². The third kappa shape index (κ3) is 0.545. The van der Waals surface area contributed by atoms with Crippen molar-refractivity contribution in [3.05, 3.63) is 0 Å². The number of ether oxygens (including phenoxy) is 1. The predicted octanol–water partition coefficient (Wildman–Crippen LogP) is -1.25. The van der Waals surface area contributed by atoms with Crippen LogP contribution in [0.2, 0.25) is 0 Å². The molecule has 0 saturated carbocycles. The first kappa shape index (κ1) is 5.97. The Morgan fingerprint density at radius 2 is 1.75 bits per heavy atom. The summed E-state index contributed by atoms with van der Waals surface area (Å²) in [6.45, 7) is 1.59. The molecule has 4 nitrogen and oxygen atoms in total. The quantitative estimate of drug-likeness (QED) is 0.299. The van der Waals surface area contributed by atoms with Crippen LogP contribution in [0.15, 0.2) is 0 Å². The van der Waals surface area contributed by atoms with Gasteiger partial charge in [0.15, 0.2) is 0 Å². The smallest absolute Gasteiger partial charge is 0.338 e. The highest BCUT2D eigenvalue weighted by atomic mass is 16.9. The standard InChI is InChI=1S/C4H8O4/c1-2-3(5)4(6,7)8-3/h5-7H,2H2,1H3. The first-order valence-electron chi connectivity index (χ1n) is 2.39. The molecule has 48 valence electrons. The van der Waals surface area contributed by atoms with Gasteiger partial charge in [0, 0.05) is 6.42 Å². The van der Waals surface area contributed by atoms with E-state index >= 15 is 0 Å². The van der Waals surface area contributed by atoms with Crippen molar-refractivity contribution < 1.29 is 20.1 Å². The van der Waals surface area contributed by atoms with Gasteiger partial charge in [0.05, 0.1) is 0 Å². The second-order valence-electron chi connectivity index (χ2n) is 1.85. The molecule has 1 aliphatic rings. The van der Waals surface area contributed by atoms with E-state index in [0.717, 1.165) is 0 Å². The van der Waals surface area contributed by atoms with Gasteiger partial charge in [0.25, 0.3) is 5.79 Å². The minimum Gasteiger partial charge on any atom is -0.359 e. The zero-order valence-electron chi connectivity index (χ0n) is 4.46. The van der Waals surface area contributed by atoms with Crippen molar-refractivity contribution in [2.75, 3.05) is 0 Å². The summed E-state index contributed by atoms with van der Waals surface area (Å²) in [5.74, 6) is -3.99. The van der Waals surface area contributed by atoms with Crippen LogP contribution in [0.4, 0.5) is 0 Å². The Hall–Kier alpha value is -0.160. The largest absolute Gasteiger partial charge is 0.359 e. The Balaban J connectivity index is 2.55. The highest BCUT2D eigenvalue weighted by Crippen LogP contribution is 2.43. The number of epoxide rings is 1. The highest BCUT2D eigenvalue weighted by molar-refractivity contribution is 4.89. The van der Waals surface area contributed by atoms with Crippen molar-refractivity contribution in [3.8, 4) is 0 Å². The molecule has 1 heterocycles. The van der Waals surface area contributed by atoms with Crippen molar-refractivity contribution in [1.29, 1.82) is 0 Å². The molecule has 0 radical (unpaired) electrons. The summed E-state index contributed by atoms with van der Waals surface area (Å²) >= 11 is 0. The van der Waals surface area contributed by atoms with Gasteiger partial charge in [-0.25, -0.2) is 0 Å². The lowest BCUT2D eigenvalue weighted by Crippen LogP contribution is -2.23. The average molecular weight is 120 g/mol. The van der Waals surface area contributed by atoms with E-state index in [1.54, 1.807) is 6.92 Å². The van der Waals surface area contributed by atoms with Crippen LogP contribution in [-0.2, 0) is 4.74 Å². The number of hydrogen-bond acceptors (Lipinski definition) is 4. The molecular formula is C4H8O4. The lowest BCUT2D eigenvalue weighted by Gasteiger charge is -1.97. The Morgan fingerprint density at radius 3 is 1.75 bits per heavy atom. The second kappa shape index (κ2) is 1.22. The lowest BCUT2D eigenvalue weighted by molar-refractivity contribution is -0.161. The molecule has 0 aromatic carbocycles. The molecule has 0 aliphatic carbocycles. The number of hydrogen-bond donors (Lipinski definition) is 3. The van der Waals surface area contributed by atoms with Gasteiger partial charge in [-0.1, -0.05) is 6.92 Å². The van der Waals surface area contributed by atoms with Crippen molar-refractivity contribution in [2.24, 2.45) is 0 Å². The minimum atomic E-state index is -2.29. The predicted molar refractivity (Wildman–Crippen MR) is 23.5 cm³/mol. The van der Waals surface area contributed by atoms with Crippen LogP contribution >= 0.6 is 0 Å². The van der Waals surface area contributed by atoms with Crippen LogP contribution in [0.1, 0.15) is 13.3 Å². The third-order valence-corrected chi connectivity index (χ3v) is 1.26. The zero-order valence-corrected chi connectivity index (χ0v) is 4.46. The van der Waals surface area contributed by atoms with E-state index in [0.29, 0.717) is 0 Å². The van der Waals surface area contributed by atoms with E-state index in [2.05, 4.69) is 4.74 Å². The van der Waals surface area contributed by atoms with Gasteiger partial charge in [-0.15, -0.1) is 0 Å². The van der Waals surface area contributed by atoms with E-state index in [1.807, 2.05) is 0 Å². The van der Waals surface area contributed by atoms with Gasteiger partial charge in [-0.05, 0) is 0 Å². The van der Waals surface area contributed by atoms with Crippen molar-refractivity contribution in [1.82, 2.24) is 0 Å². The Morgan fingerprint density at radius 1 is 1.38 bits per heavy atom. The molecule has 1 atom stereocenters. The van der Waals surface area contributed by atoms with Crippen LogP contribution in [0.5, 0.6) is 0 Å². The summed E-state index contributed by atoms with van der Waals surface area (Å²) in [5, 5.41) is 25.6. The molecule has 0 spiro atoms. The van der Waals surface area contributed by atoms with E-state index in [-0.39, 0.29) is 6.42 Å². The van der Waals surface area contributed by atoms with Crippen molar-refractivity contribution >= 4 is 0 Å². The summed E-state index contributed by atoms with van der Waals surface area (Å²) in [5.41, 5.74) is 0. The first-order valence-corrected chi connectivity index (χ1v) is 2.39. The normalized spacial score (nSPS) is 42.0. The number of aliphatic hydroxyl groups is 3. The summed E-state index contributed by atoms with van der Waals surface area (Å²) in [6.07, 6.45) is 0.181. The third-order valence-electron chi connectivity index (χ3n) is 1.26. The summed E-state index contributed by atoms with van der Waals surface area (Å²) in [4.78, 5) is 0. The monoisotopic (exact) mass is 120 g/mol. The molecule has 3 N–H and O–H groups in total. The summed E-state index contributed by atoms with van der Waals surface area (Å²) < 4.78 is 4.11. The van der Waals surface area contributed by atoms with Crippen LogP contribution < -0.4 is 0 Å². The fraction of sp³-hybridized carbons (Fsp3) is 1.00. The van der Waals surface area contributed by atoms with E-state index in [9.17, 15) is 0 Å². The maximum absolute atomic E-state index is 8.74. The molecule has 1 fully saturated rings. The molecule has 8 heavy (non-hydrogen) atoms. The molecular weight excluding hydrogens is 112 g/mol. The molecule has 0 amide bonds. The average Bonchev–Trinajstić information content (AvgIpc) is 2.10. The Labute approximate surface area is 46.3 Å². The second-order valence-corrected chi connectivity index (χ2v) is 1.85. The minimum absolute atomic E-state index is 0.181. The maximum Gasteiger partial charge on any atom is 0.338 e. The van der Waals surface area contributed by atoms with Crippen LogP contribution in [0.25, 0.3) is 0 Å². The molecule has 4 heteroatoms. The maximum atomic E-state index is 8.74. The van der Waals surface area contributed by atoms with Gasteiger partial charge < -0.3 is 15.3 Å². The van der Waals surface area contributed by atoms with Gasteiger partial charge in [0.2, 0.25) is 0 Å². The summed E-state index contributed by atoms with van der Waals surface area (Å²) in [6, 6.07) is 0. The molecule has 0 bridgehead atoms. The molecule has 0 aromatic heterocycles. The molecule has 1 aliphatic heterocycles. The van der Waals surface area contributed by atoms with Gasteiger partial charge in [-0.3, -0.25) is 4.74 Å². The SMILES string of the molecule is CCC1(O)OC1(O)O. The van der Waals surface area contributed by atoms with E-state index in [4.69, 9.17) is 15.3 Å². The fourth-order valence-corrected chi connectivity index (χ4v) is 0.512. The lowest BCUT2D eigenvalue weighted by atomic mass is 10.3. The Bertz CT molecular complexity index is 111. The topological polar surface area (TPSA) is 73.2 Å². The van der Waals surface area contributed by atoms with Crippen LogP contribution in [0, 0.1) is 0 Å². The van der Waals surface area contributed by atoms with Gasteiger partial charge in [-0.2, -0.15) is 0 Å². The first-order chi connectivity index (χ1) is 3.52. The van der Waals surface area contributed by atoms with Crippen LogP contribution in [-0.4, -0.2) is 27.1 Å². The molecule has 1 saturated heterocycles. The van der Waals surface area contributed by atoms with Gasteiger partial charge in [0.1, 0.15) is 0 Å². The van der Waals surface area contributed by atoms with Gasteiger partial charge >= 0.3 is 5.97 Å². The van der Waals surface area contributed by atoms with E-state index in [1.165, 1.54) is 0 Å². The molecule has 0 aromatic rings. The summed E-state index contributed by atoms with van der Waals surface area (Å²) in [7, 11) is 0. The molecule has 1 unspecified atom stereocenters. The van der Waals surface area contributed by atoms with E-state index < -0.39 is 11.8 Å². The van der Waals surface area contributed by atoms with Crippen molar-refractivity contribution in [3.63, 3.8) is 0 Å². The number of rotatable bonds is 1.